The zero-order valence-corrected chi connectivity index (χ0v) is 7.67. The summed E-state index contributed by atoms with van der Waals surface area (Å²) in [6.07, 6.45) is 4.17. The predicted octanol–water partition coefficient (Wildman–Crippen LogP) is 2.36. The smallest absolute Gasteiger partial charge is 0.0778 e. The van der Waals surface area contributed by atoms with Gasteiger partial charge in [-0.25, -0.2) is 0 Å². The summed E-state index contributed by atoms with van der Waals surface area (Å²) in [4.78, 5) is 0. The van der Waals surface area contributed by atoms with Gasteiger partial charge in [0.2, 0.25) is 0 Å². The SMILES string of the molecule is CCC1=CCC(C)C(C)C1O. The van der Waals surface area contributed by atoms with Crippen molar-refractivity contribution in [1.29, 1.82) is 0 Å². The van der Waals surface area contributed by atoms with E-state index in [1.54, 1.807) is 0 Å². The van der Waals surface area contributed by atoms with Crippen LogP contribution < -0.4 is 0 Å². The normalized spacial score (nSPS) is 38.5. The number of aliphatic hydroxyl groups is 1. The van der Waals surface area contributed by atoms with Crippen molar-refractivity contribution in [2.24, 2.45) is 11.8 Å². The molecule has 3 atom stereocenters. The van der Waals surface area contributed by atoms with Gasteiger partial charge in [0.1, 0.15) is 0 Å². The van der Waals surface area contributed by atoms with Crippen LogP contribution in [-0.4, -0.2) is 11.2 Å². The fourth-order valence-electron chi connectivity index (χ4n) is 1.68. The minimum Gasteiger partial charge on any atom is -0.388 e. The van der Waals surface area contributed by atoms with Crippen LogP contribution in [0.4, 0.5) is 0 Å². The van der Waals surface area contributed by atoms with Crippen LogP contribution in [0.1, 0.15) is 33.6 Å². The van der Waals surface area contributed by atoms with E-state index in [0.29, 0.717) is 11.8 Å². The molecule has 0 spiro atoms. The Labute approximate surface area is 69.1 Å². The standard InChI is InChI=1S/C10H18O/c1-4-9-6-5-7(2)8(3)10(9)11/h6-8,10-11H,4-5H2,1-3H3. The van der Waals surface area contributed by atoms with Crippen LogP contribution in [0.5, 0.6) is 0 Å². The van der Waals surface area contributed by atoms with Crippen LogP contribution in [0.15, 0.2) is 11.6 Å². The van der Waals surface area contributed by atoms with Gasteiger partial charge in [-0.05, 0) is 30.3 Å². The fraction of sp³-hybridized carbons (Fsp3) is 0.800. The van der Waals surface area contributed by atoms with Crippen LogP contribution in [-0.2, 0) is 0 Å². The fourth-order valence-corrected chi connectivity index (χ4v) is 1.68. The second-order valence-electron chi connectivity index (χ2n) is 3.65. The molecule has 11 heavy (non-hydrogen) atoms. The van der Waals surface area contributed by atoms with Gasteiger partial charge in [0.25, 0.3) is 0 Å². The first-order valence-electron chi connectivity index (χ1n) is 4.53. The minimum absolute atomic E-state index is 0.177. The molecule has 0 heterocycles. The van der Waals surface area contributed by atoms with Gasteiger partial charge in [-0.3, -0.25) is 0 Å². The summed E-state index contributed by atoms with van der Waals surface area (Å²) in [6, 6.07) is 0. The van der Waals surface area contributed by atoms with E-state index in [1.165, 1.54) is 5.57 Å². The zero-order chi connectivity index (χ0) is 8.43. The average Bonchev–Trinajstić information content (AvgIpc) is 2.01. The van der Waals surface area contributed by atoms with Crippen molar-refractivity contribution >= 4 is 0 Å². The summed E-state index contributed by atoms with van der Waals surface area (Å²) >= 11 is 0. The van der Waals surface area contributed by atoms with Crippen LogP contribution in [0.3, 0.4) is 0 Å². The Hall–Kier alpha value is -0.300. The first kappa shape index (κ1) is 8.79. The molecule has 64 valence electrons. The molecule has 1 aliphatic rings. The summed E-state index contributed by atoms with van der Waals surface area (Å²) in [6.45, 7) is 6.45. The average molecular weight is 154 g/mol. The zero-order valence-electron chi connectivity index (χ0n) is 7.67. The molecule has 0 radical (unpaired) electrons. The molecule has 0 fully saturated rings. The molecular formula is C10H18O. The van der Waals surface area contributed by atoms with Crippen LogP contribution in [0.25, 0.3) is 0 Å². The molecule has 3 unspecified atom stereocenters. The van der Waals surface area contributed by atoms with E-state index in [9.17, 15) is 5.11 Å². The highest BCUT2D eigenvalue weighted by molar-refractivity contribution is 5.13. The number of hydrogen-bond donors (Lipinski definition) is 1. The summed E-state index contributed by atoms with van der Waals surface area (Å²) < 4.78 is 0. The van der Waals surface area contributed by atoms with Crippen molar-refractivity contribution in [2.45, 2.75) is 39.7 Å². The first-order valence-corrected chi connectivity index (χ1v) is 4.53. The van der Waals surface area contributed by atoms with E-state index in [2.05, 4.69) is 26.8 Å². The van der Waals surface area contributed by atoms with Crippen molar-refractivity contribution in [2.75, 3.05) is 0 Å². The molecule has 0 aliphatic heterocycles. The molecule has 0 bridgehead atoms. The molecule has 0 aromatic rings. The molecule has 1 nitrogen and oxygen atoms in total. The van der Waals surface area contributed by atoms with Crippen molar-refractivity contribution in [3.8, 4) is 0 Å². The molecular weight excluding hydrogens is 136 g/mol. The van der Waals surface area contributed by atoms with E-state index in [-0.39, 0.29) is 6.10 Å². The maximum atomic E-state index is 9.74. The Bertz CT molecular complexity index is 160. The third-order valence-corrected chi connectivity index (χ3v) is 2.94. The number of hydrogen-bond acceptors (Lipinski definition) is 1. The lowest BCUT2D eigenvalue weighted by atomic mass is 9.79. The van der Waals surface area contributed by atoms with Crippen LogP contribution in [0.2, 0.25) is 0 Å². The highest BCUT2D eigenvalue weighted by Crippen LogP contribution is 2.30. The van der Waals surface area contributed by atoms with E-state index in [0.717, 1.165) is 12.8 Å². The van der Waals surface area contributed by atoms with Crippen molar-refractivity contribution < 1.29 is 5.11 Å². The lowest BCUT2D eigenvalue weighted by Gasteiger charge is -2.30. The van der Waals surface area contributed by atoms with E-state index in [1.807, 2.05) is 0 Å². The highest BCUT2D eigenvalue weighted by Gasteiger charge is 2.26. The number of aliphatic hydroxyl groups excluding tert-OH is 1. The largest absolute Gasteiger partial charge is 0.388 e. The quantitative estimate of drug-likeness (QED) is 0.575. The van der Waals surface area contributed by atoms with Crippen LogP contribution >= 0.6 is 0 Å². The lowest BCUT2D eigenvalue weighted by Crippen LogP contribution is -2.28. The van der Waals surface area contributed by atoms with Gasteiger partial charge in [-0.2, -0.15) is 0 Å². The topological polar surface area (TPSA) is 20.2 Å². The molecule has 0 saturated heterocycles. The first-order chi connectivity index (χ1) is 5.16. The van der Waals surface area contributed by atoms with E-state index >= 15 is 0 Å². The van der Waals surface area contributed by atoms with Crippen LogP contribution in [0, 0.1) is 11.8 Å². The number of rotatable bonds is 1. The number of allylic oxidation sites excluding steroid dienone is 1. The molecule has 1 N–H and O–H groups in total. The minimum atomic E-state index is -0.177. The van der Waals surface area contributed by atoms with Gasteiger partial charge in [0.05, 0.1) is 6.10 Å². The van der Waals surface area contributed by atoms with E-state index < -0.39 is 0 Å². The maximum absolute atomic E-state index is 9.74. The van der Waals surface area contributed by atoms with Gasteiger partial charge < -0.3 is 5.11 Å². The monoisotopic (exact) mass is 154 g/mol. The second-order valence-corrected chi connectivity index (χ2v) is 3.65. The van der Waals surface area contributed by atoms with E-state index in [4.69, 9.17) is 0 Å². The summed E-state index contributed by atoms with van der Waals surface area (Å²) in [5.74, 6) is 1.08. The summed E-state index contributed by atoms with van der Waals surface area (Å²) in [5, 5.41) is 9.74. The predicted molar refractivity (Wildman–Crippen MR) is 47.3 cm³/mol. The molecule has 0 amide bonds. The lowest BCUT2D eigenvalue weighted by molar-refractivity contribution is 0.106. The van der Waals surface area contributed by atoms with Gasteiger partial charge in [-0.1, -0.05) is 26.8 Å². The van der Waals surface area contributed by atoms with Gasteiger partial charge in [0, 0.05) is 0 Å². The van der Waals surface area contributed by atoms with Crippen molar-refractivity contribution in [1.82, 2.24) is 0 Å². The van der Waals surface area contributed by atoms with Gasteiger partial charge in [0.15, 0.2) is 0 Å². The Kier molecular flexibility index (Phi) is 2.72. The molecule has 0 aromatic heterocycles. The summed E-state index contributed by atoms with van der Waals surface area (Å²) in [5.41, 5.74) is 1.23. The maximum Gasteiger partial charge on any atom is 0.0778 e. The van der Waals surface area contributed by atoms with Crippen molar-refractivity contribution in [3.63, 3.8) is 0 Å². The van der Waals surface area contributed by atoms with Crippen molar-refractivity contribution in [3.05, 3.63) is 11.6 Å². The molecule has 0 aromatic carbocycles. The summed E-state index contributed by atoms with van der Waals surface area (Å²) in [7, 11) is 0. The third-order valence-electron chi connectivity index (χ3n) is 2.94. The molecule has 1 aliphatic carbocycles. The third kappa shape index (κ3) is 1.64. The van der Waals surface area contributed by atoms with Gasteiger partial charge in [-0.15, -0.1) is 0 Å². The molecule has 1 rings (SSSR count). The molecule has 0 saturated carbocycles. The Morgan fingerprint density at radius 1 is 1.55 bits per heavy atom. The Morgan fingerprint density at radius 2 is 2.18 bits per heavy atom. The molecule has 1 heteroatoms. The Morgan fingerprint density at radius 3 is 2.73 bits per heavy atom. The van der Waals surface area contributed by atoms with Gasteiger partial charge >= 0.3 is 0 Å². The Balaban J connectivity index is 2.70. The highest BCUT2D eigenvalue weighted by atomic mass is 16.3. The second kappa shape index (κ2) is 3.40.